The highest BCUT2D eigenvalue weighted by molar-refractivity contribution is 7.89. The van der Waals surface area contributed by atoms with Gasteiger partial charge in [0, 0.05) is 18.2 Å². The predicted molar refractivity (Wildman–Crippen MR) is 76.6 cm³/mol. The van der Waals surface area contributed by atoms with Crippen molar-refractivity contribution < 1.29 is 27.8 Å². The van der Waals surface area contributed by atoms with Gasteiger partial charge in [0.15, 0.2) is 5.75 Å². The molecule has 7 nitrogen and oxygen atoms in total. The van der Waals surface area contributed by atoms with Gasteiger partial charge in [-0.05, 0) is 19.1 Å². The van der Waals surface area contributed by atoms with E-state index in [9.17, 15) is 13.2 Å². The standard InChI is InChI=1S/C12H16ClNO6S/c1-7(6-19-2)14-21(17,18)10-5-8(13)4-9(12(15)16)11(10)20-3/h4-5,7,14H,6H2,1-3H3,(H,15,16). The van der Waals surface area contributed by atoms with Crippen LogP contribution in [0, 0.1) is 0 Å². The second kappa shape index (κ2) is 7.08. The first-order valence-electron chi connectivity index (χ1n) is 5.85. The van der Waals surface area contributed by atoms with E-state index in [1.54, 1.807) is 6.92 Å². The molecule has 118 valence electrons. The summed E-state index contributed by atoms with van der Waals surface area (Å²) in [6.07, 6.45) is 0. The fraction of sp³-hybridized carbons (Fsp3) is 0.417. The number of rotatable bonds is 7. The molecule has 0 aliphatic heterocycles. The van der Waals surface area contributed by atoms with Gasteiger partial charge in [0.25, 0.3) is 0 Å². The maximum Gasteiger partial charge on any atom is 0.339 e. The number of hydrogen-bond donors (Lipinski definition) is 2. The average molecular weight is 338 g/mol. The maximum atomic E-state index is 12.3. The van der Waals surface area contributed by atoms with Gasteiger partial charge >= 0.3 is 5.97 Å². The highest BCUT2D eigenvalue weighted by Gasteiger charge is 2.26. The Morgan fingerprint density at radius 1 is 1.43 bits per heavy atom. The van der Waals surface area contributed by atoms with Crippen molar-refractivity contribution in [2.24, 2.45) is 0 Å². The lowest BCUT2D eigenvalue weighted by molar-refractivity contribution is 0.0693. The number of benzene rings is 1. The largest absolute Gasteiger partial charge is 0.494 e. The van der Waals surface area contributed by atoms with E-state index in [0.29, 0.717) is 0 Å². The fourth-order valence-electron chi connectivity index (χ4n) is 1.75. The molecule has 1 aromatic rings. The van der Waals surface area contributed by atoms with Gasteiger partial charge in [0.1, 0.15) is 10.5 Å². The van der Waals surface area contributed by atoms with Crippen molar-refractivity contribution in [1.82, 2.24) is 4.72 Å². The van der Waals surface area contributed by atoms with Crippen LogP contribution in [0.5, 0.6) is 5.75 Å². The number of sulfonamides is 1. The quantitative estimate of drug-likeness (QED) is 0.779. The molecule has 9 heteroatoms. The second-order valence-corrected chi connectivity index (χ2v) is 6.39. The summed E-state index contributed by atoms with van der Waals surface area (Å²) in [6.45, 7) is 1.77. The molecule has 0 saturated carbocycles. The minimum absolute atomic E-state index is 0.0204. The molecule has 0 amide bonds. The smallest absolute Gasteiger partial charge is 0.339 e. The molecule has 1 unspecified atom stereocenters. The van der Waals surface area contributed by atoms with E-state index < -0.39 is 22.0 Å². The van der Waals surface area contributed by atoms with Crippen LogP contribution in [0.4, 0.5) is 0 Å². The van der Waals surface area contributed by atoms with Crippen molar-refractivity contribution >= 4 is 27.6 Å². The van der Waals surface area contributed by atoms with Gasteiger partial charge in [-0.25, -0.2) is 17.9 Å². The van der Waals surface area contributed by atoms with Crippen LogP contribution in [-0.4, -0.2) is 46.4 Å². The average Bonchev–Trinajstić information content (AvgIpc) is 2.37. The molecular formula is C12H16ClNO6S. The molecule has 0 fully saturated rings. The summed E-state index contributed by atoms with van der Waals surface area (Å²) in [6, 6.07) is 1.76. The van der Waals surface area contributed by atoms with Gasteiger partial charge in [0.05, 0.1) is 13.7 Å². The zero-order chi connectivity index (χ0) is 16.2. The summed E-state index contributed by atoms with van der Waals surface area (Å²) in [7, 11) is -1.38. The maximum absolute atomic E-state index is 12.3. The molecule has 0 aliphatic carbocycles. The number of hydrogen-bond acceptors (Lipinski definition) is 5. The Morgan fingerprint density at radius 3 is 2.52 bits per heavy atom. The zero-order valence-electron chi connectivity index (χ0n) is 11.7. The number of aromatic carboxylic acids is 1. The van der Waals surface area contributed by atoms with Crippen LogP contribution in [0.25, 0.3) is 0 Å². The van der Waals surface area contributed by atoms with E-state index in [1.807, 2.05) is 0 Å². The second-order valence-electron chi connectivity index (χ2n) is 4.27. The van der Waals surface area contributed by atoms with Crippen molar-refractivity contribution in [1.29, 1.82) is 0 Å². The molecule has 0 spiro atoms. The molecule has 0 saturated heterocycles. The summed E-state index contributed by atoms with van der Waals surface area (Å²) in [5.74, 6) is -1.61. The van der Waals surface area contributed by atoms with Crippen molar-refractivity contribution in [3.05, 3.63) is 22.7 Å². The topological polar surface area (TPSA) is 102 Å². The Morgan fingerprint density at radius 2 is 2.05 bits per heavy atom. The third-order valence-corrected chi connectivity index (χ3v) is 4.33. The molecule has 0 aromatic heterocycles. The van der Waals surface area contributed by atoms with Crippen LogP contribution in [0.15, 0.2) is 17.0 Å². The lowest BCUT2D eigenvalue weighted by Gasteiger charge is -2.16. The van der Waals surface area contributed by atoms with E-state index in [0.717, 1.165) is 12.1 Å². The highest BCUT2D eigenvalue weighted by atomic mass is 35.5. The van der Waals surface area contributed by atoms with E-state index in [1.165, 1.54) is 14.2 Å². The van der Waals surface area contributed by atoms with E-state index >= 15 is 0 Å². The normalized spacial score (nSPS) is 13.0. The number of carboxylic acids is 1. The van der Waals surface area contributed by atoms with Crippen LogP contribution in [-0.2, 0) is 14.8 Å². The molecular weight excluding hydrogens is 322 g/mol. The highest BCUT2D eigenvalue weighted by Crippen LogP contribution is 2.31. The number of nitrogens with one attached hydrogen (secondary N) is 1. The van der Waals surface area contributed by atoms with Crippen molar-refractivity contribution in [3.8, 4) is 5.75 Å². The van der Waals surface area contributed by atoms with Gasteiger partial charge in [-0.15, -0.1) is 0 Å². The van der Waals surface area contributed by atoms with Gasteiger partial charge in [0.2, 0.25) is 10.0 Å². The predicted octanol–water partition coefficient (Wildman–Crippen LogP) is 1.36. The molecule has 21 heavy (non-hydrogen) atoms. The Bertz CT molecular complexity index is 631. The lowest BCUT2D eigenvalue weighted by Crippen LogP contribution is -2.35. The molecule has 0 bridgehead atoms. The summed E-state index contributed by atoms with van der Waals surface area (Å²) in [5.41, 5.74) is -0.329. The Labute approximate surface area is 127 Å². The SMILES string of the molecule is COCC(C)NS(=O)(=O)c1cc(Cl)cc(C(=O)O)c1OC. The monoisotopic (exact) mass is 337 g/mol. The van der Waals surface area contributed by atoms with Crippen LogP contribution in [0.3, 0.4) is 0 Å². The Kier molecular flexibility index (Phi) is 5.97. The van der Waals surface area contributed by atoms with Gasteiger partial charge < -0.3 is 14.6 Å². The summed E-state index contributed by atoms with van der Waals surface area (Å²) < 4.78 is 36.8. The van der Waals surface area contributed by atoms with E-state index in [4.69, 9.17) is 26.2 Å². The zero-order valence-corrected chi connectivity index (χ0v) is 13.3. The van der Waals surface area contributed by atoms with Gasteiger partial charge in [-0.1, -0.05) is 11.6 Å². The van der Waals surface area contributed by atoms with Crippen LogP contribution < -0.4 is 9.46 Å². The molecule has 1 rings (SSSR count). The van der Waals surface area contributed by atoms with Crippen LogP contribution in [0.2, 0.25) is 5.02 Å². The molecule has 2 N–H and O–H groups in total. The lowest BCUT2D eigenvalue weighted by atomic mass is 10.2. The first kappa shape index (κ1) is 17.7. The fourth-order valence-corrected chi connectivity index (χ4v) is 3.48. The molecule has 0 radical (unpaired) electrons. The summed E-state index contributed by atoms with van der Waals surface area (Å²) in [4.78, 5) is 10.8. The number of halogens is 1. The first-order chi connectivity index (χ1) is 9.72. The molecule has 1 aromatic carbocycles. The van der Waals surface area contributed by atoms with Gasteiger partial charge in [-0.2, -0.15) is 0 Å². The van der Waals surface area contributed by atoms with Crippen molar-refractivity contribution in [2.45, 2.75) is 17.9 Å². The Hall–Kier alpha value is -1.35. The summed E-state index contributed by atoms with van der Waals surface area (Å²) in [5, 5.41) is 9.08. The van der Waals surface area contributed by atoms with Gasteiger partial charge in [-0.3, -0.25) is 0 Å². The molecule has 0 aliphatic rings. The minimum atomic E-state index is -4.01. The first-order valence-corrected chi connectivity index (χ1v) is 7.71. The minimum Gasteiger partial charge on any atom is -0.494 e. The third-order valence-electron chi connectivity index (χ3n) is 2.52. The van der Waals surface area contributed by atoms with E-state index in [-0.39, 0.29) is 27.8 Å². The molecule has 1 atom stereocenters. The number of carboxylic acid groups (broad SMARTS) is 1. The van der Waals surface area contributed by atoms with Crippen molar-refractivity contribution in [3.63, 3.8) is 0 Å². The third kappa shape index (κ3) is 4.31. The Balaban J connectivity index is 3.38. The van der Waals surface area contributed by atoms with Crippen molar-refractivity contribution in [2.75, 3.05) is 20.8 Å². The number of ether oxygens (including phenoxy) is 2. The number of carbonyl (C=O) groups is 1. The summed E-state index contributed by atoms with van der Waals surface area (Å²) >= 11 is 5.79. The van der Waals surface area contributed by atoms with E-state index in [2.05, 4.69) is 4.72 Å². The van der Waals surface area contributed by atoms with Crippen LogP contribution in [0.1, 0.15) is 17.3 Å². The van der Waals surface area contributed by atoms with Crippen LogP contribution >= 0.6 is 11.6 Å². The number of methoxy groups -OCH3 is 2. The molecule has 0 heterocycles.